The molecule has 126 heavy (non-hydrogen) atoms. The Morgan fingerprint density at radius 3 is 1.12 bits per heavy atom. The Bertz CT molecular complexity index is 5640. The van der Waals surface area contributed by atoms with Crippen molar-refractivity contribution in [1.82, 2.24) is 136 Å². The predicted octanol–water partition coefficient (Wildman–Crippen LogP) is 10.9. The number of aromatic amines is 8. The molecule has 0 radical (unpaired) electrons. The number of nitrogens with zero attached hydrogens (tertiary/aromatic N) is 19. The number of halogens is 10. The average Bonchev–Trinajstić information content (AvgIpc) is 1.73. The second-order valence-corrected chi connectivity index (χ2v) is 36.5. The van der Waals surface area contributed by atoms with Crippen LogP contribution in [0.5, 0.6) is 0 Å². The maximum atomic E-state index is 11.8. The summed E-state index contributed by atoms with van der Waals surface area (Å²) in [5, 5.41) is 11.3. The molecule has 0 atom stereocenters. The number of carboxylic acids is 1. The molecule has 44 nitrogen and oxygen atoms in total. The van der Waals surface area contributed by atoms with E-state index in [9.17, 15) is 47.5 Å². The number of alkyl halides is 2. The van der Waals surface area contributed by atoms with Gasteiger partial charge in [-0.2, -0.15) is 5.26 Å². The second kappa shape index (κ2) is 65.7. The number of aryl methyl sites for hydroxylation is 6. The van der Waals surface area contributed by atoms with Crippen molar-refractivity contribution in [2.75, 3.05) is 24.9 Å². The minimum absolute atomic E-state index is 0. The number of primary amides is 1. The van der Waals surface area contributed by atoms with E-state index in [1.54, 1.807) is 56.4 Å². The quantitative estimate of drug-likeness (QED) is 0.0120. The summed E-state index contributed by atoms with van der Waals surface area (Å²) in [7, 11) is 0. The number of ether oxygens (including phenoxy) is 2. The Morgan fingerprint density at radius 2 is 0.802 bits per heavy atom. The Labute approximate surface area is 781 Å². The number of imidazole rings is 5. The van der Waals surface area contributed by atoms with Gasteiger partial charge >= 0.3 is 47.2 Å². The van der Waals surface area contributed by atoms with Crippen molar-refractivity contribution >= 4 is 158 Å². The third kappa shape index (κ3) is 54.1. The van der Waals surface area contributed by atoms with Crippen molar-refractivity contribution < 1.29 is 77.5 Å². The molecule has 0 unspecified atom stereocenters. The van der Waals surface area contributed by atoms with E-state index < -0.39 is 34.2 Å². The summed E-state index contributed by atoms with van der Waals surface area (Å²) in [5.41, 5.74) is 13.2. The summed E-state index contributed by atoms with van der Waals surface area (Å²) in [6, 6.07) is 13.3. The Balaban J connectivity index is -0.000000658. The van der Waals surface area contributed by atoms with Gasteiger partial charge in [-0.05, 0) is 141 Å². The first kappa shape index (κ1) is 121. The number of carboxylic acid groups (broad SMARTS) is 1. The molecule has 0 aliphatic heterocycles. The summed E-state index contributed by atoms with van der Waals surface area (Å²) < 4.78 is 28.8. The van der Waals surface area contributed by atoms with E-state index in [0.717, 1.165) is 83.3 Å². The van der Waals surface area contributed by atoms with Crippen LogP contribution in [0.15, 0.2) is 145 Å². The molecule has 0 bridgehead atoms. The van der Waals surface area contributed by atoms with Gasteiger partial charge in [0.1, 0.15) is 93.7 Å². The van der Waals surface area contributed by atoms with Crippen LogP contribution in [0.1, 0.15) is 123 Å². The van der Waals surface area contributed by atoms with E-state index >= 15 is 0 Å². The number of H-pyrrole nitrogens is 8. The number of hydrogen-bond acceptors (Lipinski definition) is 33. The van der Waals surface area contributed by atoms with Crippen LogP contribution in [-0.4, -0.2) is 200 Å². The van der Waals surface area contributed by atoms with E-state index in [1.807, 2.05) is 66.4 Å². The monoisotopic (exact) mass is 2020 g/mol. The van der Waals surface area contributed by atoms with Gasteiger partial charge in [-0.3, -0.25) is 33.1 Å². The van der Waals surface area contributed by atoms with Crippen LogP contribution in [0.25, 0.3) is 57.6 Å². The predicted molar refractivity (Wildman–Crippen MR) is 476 cm³/mol. The molecule has 13 heterocycles. The number of hydrogen-bond donors (Lipinski definition) is 11. The second-order valence-electron chi connectivity index (χ2n) is 22.2. The van der Waals surface area contributed by atoms with Gasteiger partial charge in [-0.15, -0.1) is 11.6 Å². The van der Waals surface area contributed by atoms with Crippen LogP contribution in [0.3, 0.4) is 0 Å². The van der Waals surface area contributed by atoms with Gasteiger partial charge in [-0.1, -0.05) is 59.9 Å². The summed E-state index contributed by atoms with van der Waals surface area (Å²) in [6.45, 7) is 17.3. The first-order valence-electron chi connectivity index (χ1n) is 33.4. The van der Waals surface area contributed by atoms with Crippen LogP contribution in [0, 0.1) is 52.9 Å². The van der Waals surface area contributed by atoms with E-state index in [1.165, 1.54) is 56.8 Å². The SMILES string of the molecule is C.CBr.CC(=O)CCl.CCCCOC(=O)c1cc(-c2ncc(C)[nH]2)ncn1.CCOC(=O)c1cc(=O)[nH]cn1.Cc1cc(-c2ncc(C)[nH]2)ncn1.Cc1cnc(-c2cc(=O)[nH]cn2)[nH]1.Cc1cnc(-c2cc(C(=O)O)ncn2)[nH]1.Cc1cnc(-c2cc(Cl)ncn2)[nH]1.N.N#Cc1cc(Cl)ncn1.NC(=O)c1cc(=O)[nH]cn1.O.O=P(Cl)(Cl)Cl.O=P(Cl)(Cl)Cl.[Li+].[OH-]. The fourth-order valence-electron chi connectivity index (χ4n) is 7.43. The molecule has 0 aliphatic rings. The zero-order valence-electron chi connectivity index (χ0n) is 67.4. The molecule has 13 aromatic rings. The maximum absolute atomic E-state index is 11.8. The molecule has 57 heteroatoms. The normalized spacial score (nSPS) is 9.48. The summed E-state index contributed by atoms with van der Waals surface area (Å²) in [4.78, 5) is 178. The number of carbonyl (C=O) groups is 5. The number of carbonyl (C=O) groups excluding carboxylic acids is 4. The molecule has 0 spiro atoms. The van der Waals surface area contributed by atoms with Crippen molar-refractivity contribution in [3.8, 4) is 63.7 Å². The number of nitrogens with one attached hydrogen (secondary N) is 8. The number of amides is 1. The molecule has 674 valence electrons. The Morgan fingerprint density at radius 1 is 0.484 bits per heavy atom. The van der Waals surface area contributed by atoms with Gasteiger partial charge in [0.2, 0.25) is 0 Å². The Kier molecular flexibility index (Phi) is 63.3. The fourth-order valence-corrected chi connectivity index (χ4v) is 7.72. The third-order valence-electron chi connectivity index (χ3n) is 12.4. The number of aromatic carboxylic acids is 1. The molecule has 0 saturated heterocycles. The van der Waals surface area contributed by atoms with E-state index in [4.69, 9.17) is 55.6 Å². The largest absolute Gasteiger partial charge is 1.00 e. The summed E-state index contributed by atoms with van der Waals surface area (Å²) >= 11 is 46.8. The molecule has 0 aliphatic carbocycles. The van der Waals surface area contributed by atoms with Crippen LogP contribution in [0.2, 0.25) is 10.3 Å². The van der Waals surface area contributed by atoms with Crippen LogP contribution in [0.4, 0.5) is 0 Å². The third-order valence-corrected chi connectivity index (χ3v) is 13.2. The van der Waals surface area contributed by atoms with Crippen molar-refractivity contribution in [2.45, 2.75) is 82.6 Å². The van der Waals surface area contributed by atoms with Gasteiger partial charge in [-0.25, -0.2) is 104 Å². The van der Waals surface area contributed by atoms with Crippen molar-refractivity contribution in [1.29, 1.82) is 5.26 Å². The average molecular weight is 2030 g/mol. The van der Waals surface area contributed by atoms with Gasteiger partial charge < -0.3 is 77.3 Å². The summed E-state index contributed by atoms with van der Waals surface area (Å²) in [6.07, 6.45) is 20.8. The smallest absolute Gasteiger partial charge is 0.870 e. The number of esters is 2. The standard InChI is InChI=1S/C13H16N4O2.C9H8N4O2.C9H10N4.C8H7ClN4.C8H8N4O.C7H8N2O3.C5H2ClN3.C5H5N3O2.C3H5ClO.CH3Br.CH4.2Cl3OP.Li.H3N.2H2O/c1-3-4-5-19-13(18)11-6-10(15-8-16-11)12-14-7-9(2)17-12;1-5-3-10-8(13-5)6-2-7(9(14)15)12-4-11-6;1-6-3-8(12-5-11-6)9-10-4-7(2)13-9;1-5-3-10-8(13-5)6-2-7(9)12-4-11-6;1-5-3-9-8(12-5)6-2-7(13)11-4-10-6;1-2-12-7(11)5-3-6(10)9-4-8-5;6-5-1-4(2-7)8-3-9-5;6-5(10)3-1-4(9)8-2-7-3;1-3(5)2-4;1-2;;2*1-5(2,3)4;;;;/h6-8H,3-5H2,1-2H3,(H,14,17);2-4H,1H3,(H,10,13)(H,14,15);3-5H,1-2H3,(H,10,13);2-4H,1H3,(H,10,13);2-4H,1H3,(H,9,12)(H,10,11,13);3-4H,2H2,1H3,(H,8,9,10);1,3H;1-2H,(H2,6,10)(H,7,8,9);2H2,1H3;1H3;1H4;;;;1H3;2*1H2/q;;;;;;;;;;;;;+1;;;/p-1. The van der Waals surface area contributed by atoms with Gasteiger partial charge in [0.15, 0.2) is 46.2 Å². The zero-order chi connectivity index (χ0) is 90.8. The first-order valence-corrected chi connectivity index (χ1v) is 45.1. The molecule has 17 N–H and O–H groups in total. The van der Waals surface area contributed by atoms with Gasteiger partial charge in [0.05, 0.1) is 38.1 Å². The molecule has 1 amide bonds. The minimum Gasteiger partial charge on any atom is -0.870 e. The summed E-state index contributed by atoms with van der Waals surface area (Å²) in [5.74, 6) is 2.45. The van der Waals surface area contributed by atoms with Crippen molar-refractivity contribution in [3.63, 3.8) is 0 Å². The molecular weight excluding hydrogens is 1940 g/mol. The van der Waals surface area contributed by atoms with E-state index in [2.05, 4.69) is 218 Å². The van der Waals surface area contributed by atoms with E-state index in [0.29, 0.717) is 63.0 Å². The van der Waals surface area contributed by atoms with Crippen LogP contribution >= 0.6 is 129 Å². The zero-order valence-corrected chi connectivity index (χ0v) is 77.6. The van der Waals surface area contributed by atoms with Crippen LogP contribution in [-0.2, 0) is 23.4 Å². The number of unbranched alkanes of at least 4 members (excludes halogenated alkanes) is 1. The molecule has 0 fully saturated rings. The van der Waals surface area contributed by atoms with Gasteiger partial charge in [0.25, 0.3) is 22.6 Å². The maximum Gasteiger partial charge on any atom is 1.00 e. The van der Waals surface area contributed by atoms with E-state index in [-0.39, 0.29) is 107 Å². The number of ketones is 1. The molecule has 0 aromatic carbocycles. The minimum atomic E-state index is -3.22. The van der Waals surface area contributed by atoms with Crippen molar-refractivity contribution in [3.05, 3.63) is 234 Å². The topological polar surface area (TPSA) is 714 Å². The Hall–Kier alpha value is -10.8. The molecular formula is C69H82BrCl9LiN29O15P2. The fraction of sp³-hybridized carbons (Fsp3) is 0.232. The number of Topliss-reactive ketones (excluding diaryl/α,β-unsaturated/α-hetero) is 1. The first-order chi connectivity index (χ1) is 57.2. The molecule has 0 saturated carbocycles. The van der Waals surface area contributed by atoms with Crippen LogP contribution < -0.4 is 47.4 Å². The number of nitrogens with two attached hydrogens (primary N) is 1. The van der Waals surface area contributed by atoms with Crippen molar-refractivity contribution in [2.24, 2.45) is 5.73 Å². The molecule has 13 rings (SSSR count). The van der Waals surface area contributed by atoms with Gasteiger partial charge in [0, 0.05) is 108 Å². The number of nitriles is 1. The molecule has 13 aromatic heterocycles. The number of aromatic nitrogens is 26. The number of rotatable bonds is 14.